The van der Waals surface area contributed by atoms with Gasteiger partial charge in [0, 0.05) is 31.4 Å². The fourth-order valence-electron chi connectivity index (χ4n) is 5.06. The Kier molecular flexibility index (Phi) is 5.59. The fraction of sp³-hybridized carbons (Fsp3) is 0.682. The summed E-state index contributed by atoms with van der Waals surface area (Å²) in [6.45, 7) is 11.8. The Bertz CT molecular complexity index is 707. The van der Waals surface area contributed by atoms with Crippen LogP contribution in [0, 0.1) is 29.6 Å². The Morgan fingerprint density at radius 2 is 2.00 bits per heavy atom. The van der Waals surface area contributed by atoms with E-state index in [1.807, 2.05) is 0 Å². The van der Waals surface area contributed by atoms with Crippen molar-refractivity contribution < 1.29 is 19.1 Å². The number of Topliss-reactive ketones (excluding diaryl/α,β-unsaturated/α-hetero) is 1. The molecule has 5 nitrogen and oxygen atoms in total. The van der Waals surface area contributed by atoms with Crippen LogP contribution < -0.4 is 5.32 Å². The molecule has 3 rings (SSSR count). The largest absolute Gasteiger partial charge is 0.462 e. The molecule has 3 aliphatic rings. The standard InChI is InChI=1S/C22H31NO4/c1-11(2)18(25)7-6-12(3)20-19(27-14(5)24)8-13(4)15-9-16(15)17-10-23-22(26)21(17)20/h12-13,15-16,19-20H,1,6-10H2,2-5H3,(H,23,26)/t12-,13-,15+,16+,19-,20-/m1/s1. The highest BCUT2D eigenvalue weighted by molar-refractivity contribution is 5.98. The summed E-state index contributed by atoms with van der Waals surface area (Å²) >= 11 is 0. The summed E-state index contributed by atoms with van der Waals surface area (Å²) in [4.78, 5) is 36.6. The van der Waals surface area contributed by atoms with E-state index in [0.717, 1.165) is 18.4 Å². The van der Waals surface area contributed by atoms with Crippen LogP contribution in [0.25, 0.3) is 0 Å². The lowest BCUT2D eigenvalue weighted by Gasteiger charge is -2.35. The number of carbonyl (C=O) groups excluding carboxylic acids is 3. The Labute approximate surface area is 161 Å². The number of rotatable bonds is 6. The first-order valence-electron chi connectivity index (χ1n) is 10.1. The molecule has 0 bridgehead atoms. The van der Waals surface area contributed by atoms with Crippen molar-refractivity contribution in [1.29, 1.82) is 0 Å². The molecule has 0 aromatic heterocycles. The van der Waals surface area contributed by atoms with Gasteiger partial charge in [0.1, 0.15) is 6.10 Å². The first-order valence-corrected chi connectivity index (χ1v) is 10.1. The molecule has 1 saturated carbocycles. The highest BCUT2D eigenvalue weighted by Crippen LogP contribution is 2.55. The summed E-state index contributed by atoms with van der Waals surface area (Å²) in [5, 5.41) is 3.00. The molecular formula is C22H31NO4. The number of nitrogens with one attached hydrogen (secondary N) is 1. The second-order valence-electron chi connectivity index (χ2n) is 8.73. The van der Waals surface area contributed by atoms with Crippen molar-refractivity contribution in [3.05, 3.63) is 23.3 Å². The fourth-order valence-corrected chi connectivity index (χ4v) is 5.06. The lowest BCUT2D eigenvalue weighted by Crippen LogP contribution is -2.38. The number of hydrogen-bond acceptors (Lipinski definition) is 4. The van der Waals surface area contributed by atoms with E-state index in [9.17, 15) is 14.4 Å². The Balaban J connectivity index is 1.93. The monoisotopic (exact) mass is 373 g/mol. The zero-order valence-corrected chi connectivity index (χ0v) is 16.8. The number of allylic oxidation sites excluding steroid dienone is 1. The topological polar surface area (TPSA) is 72.5 Å². The van der Waals surface area contributed by atoms with Gasteiger partial charge in [-0.3, -0.25) is 14.4 Å². The van der Waals surface area contributed by atoms with Crippen molar-refractivity contribution in [3.8, 4) is 0 Å². The van der Waals surface area contributed by atoms with Crippen LogP contribution >= 0.6 is 0 Å². The third-order valence-electron chi connectivity index (χ3n) is 6.62. The molecule has 0 unspecified atom stereocenters. The van der Waals surface area contributed by atoms with Gasteiger partial charge in [-0.1, -0.05) is 20.4 Å². The average molecular weight is 373 g/mol. The lowest BCUT2D eigenvalue weighted by atomic mass is 9.73. The molecule has 1 fully saturated rings. The van der Waals surface area contributed by atoms with Crippen LogP contribution in [-0.2, 0) is 19.1 Å². The van der Waals surface area contributed by atoms with E-state index in [0.29, 0.717) is 42.7 Å². The molecule has 148 valence electrons. The Morgan fingerprint density at radius 1 is 1.30 bits per heavy atom. The molecule has 2 aliphatic carbocycles. The predicted octanol–water partition coefficient (Wildman–Crippen LogP) is 3.20. The minimum Gasteiger partial charge on any atom is -0.462 e. The molecule has 1 heterocycles. The first kappa shape index (κ1) is 19.8. The smallest absolute Gasteiger partial charge is 0.302 e. The number of carbonyl (C=O) groups is 3. The van der Waals surface area contributed by atoms with Gasteiger partial charge in [-0.15, -0.1) is 0 Å². The predicted molar refractivity (Wildman–Crippen MR) is 103 cm³/mol. The minimum absolute atomic E-state index is 0.0227. The maximum atomic E-state index is 12.7. The molecule has 0 aromatic rings. The van der Waals surface area contributed by atoms with Gasteiger partial charge in [-0.25, -0.2) is 0 Å². The number of hydrogen-bond donors (Lipinski definition) is 1. The third kappa shape index (κ3) is 4.02. The van der Waals surface area contributed by atoms with Crippen LogP contribution in [0.4, 0.5) is 0 Å². The van der Waals surface area contributed by atoms with Crippen LogP contribution in [0.3, 0.4) is 0 Å². The lowest BCUT2D eigenvalue weighted by molar-refractivity contribution is -0.151. The molecule has 0 spiro atoms. The quantitative estimate of drug-likeness (QED) is 0.573. The minimum atomic E-state index is -0.317. The summed E-state index contributed by atoms with van der Waals surface area (Å²) in [6.07, 6.45) is 2.64. The van der Waals surface area contributed by atoms with Crippen molar-refractivity contribution in [2.24, 2.45) is 29.6 Å². The van der Waals surface area contributed by atoms with E-state index in [4.69, 9.17) is 4.74 Å². The molecule has 0 aromatic carbocycles. The van der Waals surface area contributed by atoms with Gasteiger partial charge in [0.25, 0.3) is 0 Å². The van der Waals surface area contributed by atoms with Crippen molar-refractivity contribution in [2.45, 2.75) is 59.5 Å². The molecule has 27 heavy (non-hydrogen) atoms. The molecule has 1 N–H and O–H groups in total. The van der Waals surface area contributed by atoms with Gasteiger partial charge in [0.15, 0.2) is 5.78 Å². The number of ether oxygens (including phenoxy) is 1. The number of ketones is 1. The summed E-state index contributed by atoms with van der Waals surface area (Å²) < 4.78 is 5.75. The molecule has 6 atom stereocenters. The summed E-state index contributed by atoms with van der Waals surface area (Å²) in [5.41, 5.74) is 2.61. The van der Waals surface area contributed by atoms with Crippen LogP contribution in [0.5, 0.6) is 0 Å². The molecular weight excluding hydrogens is 342 g/mol. The van der Waals surface area contributed by atoms with E-state index in [2.05, 4.69) is 25.7 Å². The van der Waals surface area contributed by atoms with E-state index in [1.54, 1.807) is 6.92 Å². The van der Waals surface area contributed by atoms with Crippen molar-refractivity contribution >= 4 is 17.7 Å². The number of amides is 1. The van der Waals surface area contributed by atoms with E-state index in [1.165, 1.54) is 12.5 Å². The SMILES string of the molecule is C=C(C)C(=O)CC[C@@H](C)[C@H]1C2=C(CNC2=O)[C@H]2C[C@H]2[C@H](C)C[C@H]1OC(C)=O. The Hall–Kier alpha value is -1.91. The van der Waals surface area contributed by atoms with Crippen LogP contribution in [0.1, 0.15) is 53.4 Å². The highest BCUT2D eigenvalue weighted by atomic mass is 16.5. The molecule has 1 amide bonds. The third-order valence-corrected chi connectivity index (χ3v) is 6.62. The second kappa shape index (κ2) is 7.61. The maximum absolute atomic E-state index is 12.7. The average Bonchev–Trinajstić information content (AvgIpc) is 3.29. The highest BCUT2D eigenvalue weighted by Gasteiger charge is 2.52. The normalized spacial score (nSPS) is 33.2. The maximum Gasteiger partial charge on any atom is 0.302 e. The van der Waals surface area contributed by atoms with Gasteiger partial charge < -0.3 is 10.1 Å². The van der Waals surface area contributed by atoms with Crippen molar-refractivity contribution in [3.63, 3.8) is 0 Å². The summed E-state index contributed by atoms with van der Waals surface area (Å²) in [6, 6.07) is 0. The van der Waals surface area contributed by atoms with E-state index < -0.39 is 0 Å². The van der Waals surface area contributed by atoms with Gasteiger partial charge in [-0.05, 0) is 61.0 Å². The summed E-state index contributed by atoms with van der Waals surface area (Å²) in [5.74, 6) is 1.15. The van der Waals surface area contributed by atoms with Crippen LogP contribution in [-0.4, -0.2) is 30.3 Å². The van der Waals surface area contributed by atoms with Crippen molar-refractivity contribution in [1.82, 2.24) is 5.32 Å². The molecule has 1 aliphatic heterocycles. The zero-order valence-electron chi connectivity index (χ0n) is 16.8. The molecule has 0 radical (unpaired) electrons. The van der Waals surface area contributed by atoms with Gasteiger partial charge in [0.05, 0.1) is 0 Å². The van der Waals surface area contributed by atoms with Gasteiger partial charge in [-0.2, -0.15) is 0 Å². The Morgan fingerprint density at radius 3 is 2.63 bits per heavy atom. The van der Waals surface area contributed by atoms with Gasteiger partial charge in [0.2, 0.25) is 5.91 Å². The number of esters is 1. The van der Waals surface area contributed by atoms with E-state index in [-0.39, 0.29) is 35.6 Å². The van der Waals surface area contributed by atoms with Gasteiger partial charge >= 0.3 is 5.97 Å². The van der Waals surface area contributed by atoms with Crippen LogP contribution in [0.15, 0.2) is 23.3 Å². The second-order valence-corrected chi connectivity index (χ2v) is 8.73. The zero-order chi connectivity index (χ0) is 19.9. The summed E-state index contributed by atoms with van der Waals surface area (Å²) in [7, 11) is 0. The van der Waals surface area contributed by atoms with E-state index >= 15 is 0 Å². The molecule has 5 heteroatoms. The first-order chi connectivity index (χ1) is 12.7. The van der Waals surface area contributed by atoms with Crippen molar-refractivity contribution in [2.75, 3.05) is 6.54 Å². The van der Waals surface area contributed by atoms with Crippen LogP contribution in [0.2, 0.25) is 0 Å². The number of fused-ring (bicyclic) bond motifs is 2. The molecule has 0 saturated heterocycles.